The number of ether oxygens (including phenoxy) is 1. The summed E-state index contributed by atoms with van der Waals surface area (Å²) in [7, 11) is 1.68. The minimum atomic E-state index is 0.895. The lowest BCUT2D eigenvalue weighted by molar-refractivity contribution is 0.414. The highest BCUT2D eigenvalue weighted by atomic mass is 127. The zero-order valence-corrected chi connectivity index (χ0v) is 12.4. The predicted molar refractivity (Wildman–Crippen MR) is 79.5 cm³/mol. The van der Waals surface area contributed by atoms with E-state index in [0.29, 0.717) is 0 Å². The molecule has 1 aromatic carbocycles. The highest BCUT2D eigenvalue weighted by molar-refractivity contribution is 14.1. The van der Waals surface area contributed by atoms with E-state index in [1.807, 2.05) is 24.4 Å². The first-order valence-electron chi connectivity index (χ1n) is 5.16. The van der Waals surface area contributed by atoms with Gasteiger partial charge in [0.1, 0.15) is 10.8 Å². The van der Waals surface area contributed by atoms with Gasteiger partial charge in [0, 0.05) is 15.5 Å². The summed E-state index contributed by atoms with van der Waals surface area (Å²) in [5.74, 6) is 1.82. The summed E-state index contributed by atoms with van der Waals surface area (Å²) in [4.78, 5) is 4.36. The lowest BCUT2D eigenvalue weighted by Crippen LogP contribution is -1.87. The van der Waals surface area contributed by atoms with Crippen molar-refractivity contribution >= 4 is 34.4 Å². The van der Waals surface area contributed by atoms with E-state index in [-0.39, 0.29) is 0 Å². The Morgan fingerprint density at radius 2 is 2.00 bits per heavy atom. The van der Waals surface area contributed by atoms with Crippen LogP contribution in [0.5, 0.6) is 5.75 Å². The Labute approximate surface area is 119 Å². The maximum Gasteiger partial charge on any atom is 0.118 e. The summed E-state index contributed by atoms with van der Waals surface area (Å²) < 4.78 is 6.33. The average molecular weight is 357 g/mol. The molecule has 0 N–H and O–H groups in total. The second-order valence-corrected chi connectivity index (χ2v) is 5.55. The van der Waals surface area contributed by atoms with E-state index >= 15 is 0 Å². The number of rotatable bonds is 4. The Morgan fingerprint density at radius 1 is 1.24 bits per heavy atom. The van der Waals surface area contributed by atoms with Gasteiger partial charge in [-0.3, -0.25) is 0 Å². The molecule has 0 aliphatic carbocycles. The fourth-order valence-electron chi connectivity index (χ4n) is 1.35. The van der Waals surface area contributed by atoms with Crippen LogP contribution in [0.2, 0.25) is 0 Å². The molecule has 0 saturated carbocycles. The van der Waals surface area contributed by atoms with Crippen LogP contribution < -0.4 is 4.74 Å². The number of benzene rings is 1. The van der Waals surface area contributed by atoms with Gasteiger partial charge < -0.3 is 4.74 Å². The molecule has 0 aliphatic heterocycles. The molecular weight excluding hydrogens is 345 g/mol. The van der Waals surface area contributed by atoms with Crippen LogP contribution in [-0.2, 0) is 5.75 Å². The lowest BCUT2D eigenvalue weighted by atomic mass is 10.2. The van der Waals surface area contributed by atoms with Gasteiger partial charge >= 0.3 is 0 Å². The molecule has 2 aromatic rings. The van der Waals surface area contributed by atoms with Crippen LogP contribution in [0, 0.1) is 3.57 Å². The molecule has 4 heteroatoms. The SMILES string of the molecule is COc1ccc(CSc2ncccc2I)cc1. The van der Waals surface area contributed by atoms with Crippen LogP contribution in [-0.4, -0.2) is 12.1 Å². The van der Waals surface area contributed by atoms with E-state index in [9.17, 15) is 0 Å². The summed E-state index contributed by atoms with van der Waals surface area (Å²) in [6.07, 6.45) is 1.83. The maximum absolute atomic E-state index is 5.13. The number of hydrogen-bond donors (Lipinski definition) is 0. The molecule has 0 aliphatic rings. The number of aromatic nitrogens is 1. The van der Waals surface area contributed by atoms with E-state index in [1.165, 1.54) is 9.13 Å². The topological polar surface area (TPSA) is 22.1 Å². The zero-order chi connectivity index (χ0) is 12.1. The Hall–Kier alpha value is -0.750. The molecule has 1 heterocycles. The van der Waals surface area contributed by atoms with Crippen molar-refractivity contribution in [2.24, 2.45) is 0 Å². The highest BCUT2D eigenvalue weighted by Gasteiger charge is 2.01. The predicted octanol–water partition coefficient (Wildman–Crippen LogP) is 3.99. The van der Waals surface area contributed by atoms with Crippen LogP contribution in [0.15, 0.2) is 47.6 Å². The maximum atomic E-state index is 5.13. The standard InChI is InChI=1S/C13H12INOS/c1-16-11-6-4-10(5-7-11)9-17-13-12(14)3-2-8-15-13/h2-8H,9H2,1H3. The number of halogens is 1. The molecule has 2 rings (SSSR count). The van der Waals surface area contributed by atoms with Crippen molar-refractivity contribution in [3.8, 4) is 5.75 Å². The van der Waals surface area contributed by atoms with E-state index in [2.05, 4.69) is 45.8 Å². The first-order valence-corrected chi connectivity index (χ1v) is 7.22. The highest BCUT2D eigenvalue weighted by Crippen LogP contribution is 2.25. The Kier molecular flexibility index (Phi) is 4.67. The van der Waals surface area contributed by atoms with E-state index in [1.54, 1.807) is 18.9 Å². The third-order valence-corrected chi connectivity index (χ3v) is 4.57. The molecule has 0 fully saturated rings. The minimum Gasteiger partial charge on any atom is -0.497 e. The van der Waals surface area contributed by atoms with Gasteiger partial charge in [-0.05, 0) is 52.4 Å². The second kappa shape index (κ2) is 6.26. The lowest BCUT2D eigenvalue weighted by Gasteiger charge is -2.04. The normalized spacial score (nSPS) is 10.2. The van der Waals surface area contributed by atoms with Crippen LogP contribution >= 0.6 is 34.4 Å². The van der Waals surface area contributed by atoms with Crippen molar-refractivity contribution in [1.29, 1.82) is 0 Å². The van der Waals surface area contributed by atoms with Crippen LogP contribution in [0.3, 0.4) is 0 Å². The summed E-state index contributed by atoms with van der Waals surface area (Å²) in [6, 6.07) is 12.2. The Bertz CT molecular complexity index is 487. The summed E-state index contributed by atoms with van der Waals surface area (Å²) in [5, 5.41) is 1.09. The average Bonchev–Trinajstić information content (AvgIpc) is 2.38. The van der Waals surface area contributed by atoms with Gasteiger partial charge in [0.15, 0.2) is 0 Å². The summed E-state index contributed by atoms with van der Waals surface area (Å²) >= 11 is 4.07. The number of methoxy groups -OCH3 is 1. The van der Waals surface area contributed by atoms with E-state index in [0.717, 1.165) is 16.5 Å². The molecule has 0 amide bonds. The van der Waals surface area contributed by atoms with Gasteiger partial charge in [-0.15, -0.1) is 11.8 Å². The first kappa shape index (κ1) is 12.7. The molecule has 1 aromatic heterocycles. The van der Waals surface area contributed by atoms with Gasteiger partial charge in [0.05, 0.1) is 7.11 Å². The molecule has 0 saturated heterocycles. The first-order chi connectivity index (χ1) is 8.29. The number of hydrogen-bond acceptors (Lipinski definition) is 3. The smallest absolute Gasteiger partial charge is 0.118 e. The van der Waals surface area contributed by atoms with Crippen LogP contribution in [0.4, 0.5) is 0 Å². The van der Waals surface area contributed by atoms with Crippen molar-refractivity contribution in [2.45, 2.75) is 10.8 Å². The van der Waals surface area contributed by atoms with Gasteiger partial charge in [-0.25, -0.2) is 4.98 Å². The van der Waals surface area contributed by atoms with Crippen molar-refractivity contribution in [2.75, 3.05) is 7.11 Å². The fourth-order valence-corrected chi connectivity index (χ4v) is 3.00. The second-order valence-electron chi connectivity index (χ2n) is 3.43. The van der Waals surface area contributed by atoms with Crippen molar-refractivity contribution in [3.05, 3.63) is 51.7 Å². The van der Waals surface area contributed by atoms with E-state index < -0.39 is 0 Å². The largest absolute Gasteiger partial charge is 0.497 e. The molecule has 0 spiro atoms. The molecule has 17 heavy (non-hydrogen) atoms. The quantitative estimate of drug-likeness (QED) is 0.610. The Morgan fingerprint density at radius 3 is 2.65 bits per heavy atom. The third kappa shape index (κ3) is 3.61. The molecule has 0 unspecified atom stereocenters. The monoisotopic (exact) mass is 357 g/mol. The van der Waals surface area contributed by atoms with Crippen molar-refractivity contribution in [3.63, 3.8) is 0 Å². The van der Waals surface area contributed by atoms with Gasteiger partial charge in [0.2, 0.25) is 0 Å². The van der Waals surface area contributed by atoms with Crippen LogP contribution in [0.25, 0.3) is 0 Å². The van der Waals surface area contributed by atoms with Crippen molar-refractivity contribution < 1.29 is 4.74 Å². The van der Waals surface area contributed by atoms with E-state index in [4.69, 9.17) is 4.74 Å². The summed E-state index contributed by atoms with van der Waals surface area (Å²) in [5.41, 5.74) is 1.28. The fraction of sp³-hybridized carbons (Fsp3) is 0.154. The molecule has 2 nitrogen and oxygen atoms in total. The van der Waals surface area contributed by atoms with Gasteiger partial charge in [0.25, 0.3) is 0 Å². The zero-order valence-electron chi connectivity index (χ0n) is 9.39. The molecule has 0 radical (unpaired) electrons. The minimum absolute atomic E-state index is 0.895. The summed E-state index contributed by atoms with van der Waals surface area (Å²) in [6.45, 7) is 0. The number of pyridine rings is 1. The van der Waals surface area contributed by atoms with Crippen molar-refractivity contribution in [1.82, 2.24) is 4.98 Å². The molecule has 0 atom stereocenters. The molecule has 0 bridgehead atoms. The number of nitrogens with zero attached hydrogens (tertiary/aromatic N) is 1. The molecule has 88 valence electrons. The molecular formula is C13H12INOS. The van der Waals surface area contributed by atoms with Gasteiger partial charge in [-0.1, -0.05) is 12.1 Å². The van der Waals surface area contributed by atoms with Crippen LogP contribution in [0.1, 0.15) is 5.56 Å². The Balaban J connectivity index is 2.00. The van der Waals surface area contributed by atoms with Gasteiger partial charge in [-0.2, -0.15) is 0 Å². The number of thioether (sulfide) groups is 1. The third-order valence-electron chi connectivity index (χ3n) is 2.26.